The lowest BCUT2D eigenvalue weighted by atomic mass is 10.0. The van der Waals surface area contributed by atoms with Crippen molar-refractivity contribution in [2.24, 2.45) is 0 Å². The van der Waals surface area contributed by atoms with Gasteiger partial charge in [-0.15, -0.1) is 0 Å². The number of alkyl carbamates (subject to hydrolysis) is 1. The quantitative estimate of drug-likeness (QED) is 0.669. The smallest absolute Gasteiger partial charge is 0.407 e. The first-order chi connectivity index (χ1) is 10.7. The Morgan fingerprint density at radius 1 is 1.35 bits per heavy atom. The van der Waals surface area contributed by atoms with Gasteiger partial charge in [0.25, 0.3) is 0 Å². The number of hydrogen-bond donors (Lipinski definition) is 3. The van der Waals surface area contributed by atoms with Gasteiger partial charge in [-0.25, -0.2) is 4.79 Å². The highest BCUT2D eigenvalue weighted by Gasteiger charge is 2.23. The summed E-state index contributed by atoms with van der Waals surface area (Å²) in [6.45, 7) is 8.93. The lowest BCUT2D eigenvalue weighted by Crippen LogP contribution is -2.38. The molecule has 2 atom stereocenters. The summed E-state index contributed by atoms with van der Waals surface area (Å²) in [7, 11) is 0. The van der Waals surface area contributed by atoms with Crippen LogP contribution >= 0.6 is 0 Å². The van der Waals surface area contributed by atoms with E-state index < -0.39 is 23.9 Å². The molecular weight excluding hydrogens is 298 g/mol. The van der Waals surface area contributed by atoms with Crippen molar-refractivity contribution in [3.63, 3.8) is 0 Å². The number of aliphatic hydroxyl groups excluding tert-OH is 2. The minimum atomic E-state index is -1.20. The van der Waals surface area contributed by atoms with Crippen LogP contribution in [0.1, 0.15) is 32.4 Å². The van der Waals surface area contributed by atoms with E-state index in [1.807, 2.05) is 0 Å². The Kier molecular flexibility index (Phi) is 7.06. The van der Waals surface area contributed by atoms with Crippen LogP contribution in [0.15, 0.2) is 36.9 Å². The molecule has 0 saturated heterocycles. The van der Waals surface area contributed by atoms with Crippen molar-refractivity contribution in [1.29, 1.82) is 0 Å². The third-order valence-electron chi connectivity index (χ3n) is 2.81. The van der Waals surface area contributed by atoms with Gasteiger partial charge in [0, 0.05) is 12.1 Å². The van der Waals surface area contributed by atoms with Crippen molar-refractivity contribution in [3.8, 4) is 5.75 Å². The van der Waals surface area contributed by atoms with Gasteiger partial charge in [0.15, 0.2) is 0 Å². The Labute approximate surface area is 136 Å². The van der Waals surface area contributed by atoms with Crippen LogP contribution in [0.5, 0.6) is 5.75 Å². The number of aliphatic hydroxyl groups is 2. The zero-order valence-electron chi connectivity index (χ0n) is 13.8. The molecule has 0 heterocycles. The molecule has 1 rings (SSSR count). The molecule has 0 aliphatic rings. The van der Waals surface area contributed by atoms with E-state index in [4.69, 9.17) is 9.47 Å². The number of amides is 1. The van der Waals surface area contributed by atoms with Crippen molar-refractivity contribution >= 4 is 6.09 Å². The Bertz CT molecular complexity index is 524. The molecule has 6 nitrogen and oxygen atoms in total. The number of rotatable bonds is 7. The molecule has 0 spiro atoms. The minimum absolute atomic E-state index is 0.147. The molecule has 128 valence electrons. The summed E-state index contributed by atoms with van der Waals surface area (Å²) >= 11 is 0. The number of nitrogens with one attached hydrogen (secondary N) is 1. The first kappa shape index (κ1) is 19.0. The van der Waals surface area contributed by atoms with Crippen LogP contribution in [0, 0.1) is 0 Å². The zero-order valence-corrected chi connectivity index (χ0v) is 13.8. The number of carbonyl (C=O) groups is 1. The van der Waals surface area contributed by atoms with Gasteiger partial charge in [0.2, 0.25) is 0 Å². The number of hydrogen-bond acceptors (Lipinski definition) is 5. The van der Waals surface area contributed by atoms with Gasteiger partial charge in [0.05, 0.1) is 0 Å². The average Bonchev–Trinajstić information content (AvgIpc) is 2.48. The number of benzene rings is 1. The first-order valence-electron chi connectivity index (χ1n) is 7.40. The highest BCUT2D eigenvalue weighted by Crippen LogP contribution is 2.27. The van der Waals surface area contributed by atoms with Crippen molar-refractivity contribution < 1.29 is 24.5 Å². The normalized spacial score (nSPS) is 13.8. The van der Waals surface area contributed by atoms with Crippen LogP contribution in [-0.2, 0) is 4.74 Å². The molecular formula is C17H25NO5. The van der Waals surface area contributed by atoms with Crippen LogP contribution in [-0.4, -0.2) is 41.2 Å². The standard InChI is InChI=1S/C17H25NO5/c1-5-10-22-14-9-7-6-8-12(14)15(20)13(19)11-18-16(21)23-17(2,3)4/h5-9,13,15,19-20H,1,10-11H2,2-4H3,(H,18,21). The van der Waals surface area contributed by atoms with Gasteiger partial charge in [-0.1, -0.05) is 30.9 Å². The molecule has 0 bridgehead atoms. The number of carbonyl (C=O) groups excluding carboxylic acids is 1. The molecule has 3 N–H and O–H groups in total. The van der Waals surface area contributed by atoms with Crippen molar-refractivity contribution in [2.75, 3.05) is 13.2 Å². The Balaban J connectivity index is 2.64. The molecule has 1 aromatic carbocycles. The van der Waals surface area contributed by atoms with Crippen LogP contribution in [0.25, 0.3) is 0 Å². The fraction of sp³-hybridized carbons (Fsp3) is 0.471. The van der Waals surface area contributed by atoms with E-state index in [1.54, 1.807) is 51.1 Å². The fourth-order valence-electron chi connectivity index (χ4n) is 1.83. The maximum absolute atomic E-state index is 11.6. The van der Waals surface area contributed by atoms with Crippen LogP contribution in [0.4, 0.5) is 4.79 Å². The molecule has 1 aromatic rings. The van der Waals surface area contributed by atoms with Gasteiger partial charge >= 0.3 is 6.09 Å². The third-order valence-corrected chi connectivity index (χ3v) is 2.81. The van der Waals surface area contributed by atoms with Gasteiger partial charge in [0.1, 0.15) is 30.2 Å². The van der Waals surface area contributed by atoms with Crippen molar-refractivity contribution in [2.45, 2.75) is 38.6 Å². The van der Waals surface area contributed by atoms with Crippen molar-refractivity contribution in [1.82, 2.24) is 5.32 Å². The minimum Gasteiger partial charge on any atom is -0.489 e. The third kappa shape index (κ3) is 6.71. The molecule has 0 saturated carbocycles. The van der Waals surface area contributed by atoms with Gasteiger partial charge in [-0.2, -0.15) is 0 Å². The highest BCUT2D eigenvalue weighted by molar-refractivity contribution is 5.67. The van der Waals surface area contributed by atoms with Gasteiger partial charge < -0.3 is 25.0 Å². The number of para-hydroxylation sites is 1. The summed E-state index contributed by atoms with van der Waals surface area (Å²) in [6.07, 6.45) is -1.47. The van der Waals surface area contributed by atoms with Crippen LogP contribution < -0.4 is 10.1 Å². The maximum atomic E-state index is 11.6. The second kappa shape index (κ2) is 8.55. The second-order valence-electron chi connectivity index (χ2n) is 6.03. The highest BCUT2D eigenvalue weighted by atomic mass is 16.6. The molecule has 1 amide bonds. The van der Waals surface area contributed by atoms with Crippen LogP contribution in [0.2, 0.25) is 0 Å². The van der Waals surface area contributed by atoms with E-state index in [0.29, 0.717) is 11.3 Å². The lowest BCUT2D eigenvalue weighted by Gasteiger charge is -2.23. The summed E-state index contributed by atoms with van der Waals surface area (Å²) in [6, 6.07) is 6.84. The summed E-state index contributed by atoms with van der Waals surface area (Å²) in [5.41, 5.74) is -0.188. The van der Waals surface area contributed by atoms with Gasteiger partial charge in [-0.3, -0.25) is 0 Å². The topological polar surface area (TPSA) is 88.0 Å². The zero-order chi connectivity index (χ0) is 17.5. The molecule has 0 aliphatic heterocycles. The van der Waals surface area contributed by atoms with Crippen LogP contribution in [0.3, 0.4) is 0 Å². The molecule has 0 fully saturated rings. The van der Waals surface area contributed by atoms with Gasteiger partial charge in [-0.05, 0) is 26.8 Å². The predicted molar refractivity (Wildman–Crippen MR) is 87.3 cm³/mol. The molecule has 0 aliphatic carbocycles. The van der Waals surface area contributed by atoms with E-state index in [-0.39, 0.29) is 13.2 Å². The maximum Gasteiger partial charge on any atom is 0.407 e. The molecule has 0 radical (unpaired) electrons. The van der Waals surface area contributed by atoms with Crippen molar-refractivity contribution in [3.05, 3.63) is 42.5 Å². The lowest BCUT2D eigenvalue weighted by molar-refractivity contribution is 0.0117. The van der Waals surface area contributed by atoms with E-state index in [9.17, 15) is 15.0 Å². The Morgan fingerprint density at radius 3 is 2.61 bits per heavy atom. The largest absolute Gasteiger partial charge is 0.489 e. The SMILES string of the molecule is C=CCOc1ccccc1C(O)C(O)CNC(=O)OC(C)(C)C. The molecule has 2 unspecified atom stereocenters. The Morgan fingerprint density at radius 2 is 2.00 bits per heavy atom. The van der Waals surface area contributed by atoms with E-state index in [2.05, 4.69) is 11.9 Å². The first-order valence-corrected chi connectivity index (χ1v) is 7.40. The second-order valence-corrected chi connectivity index (χ2v) is 6.03. The fourth-order valence-corrected chi connectivity index (χ4v) is 1.83. The monoisotopic (exact) mass is 323 g/mol. The molecule has 23 heavy (non-hydrogen) atoms. The molecule has 0 aromatic heterocycles. The summed E-state index contributed by atoms with van der Waals surface area (Å²) in [4.78, 5) is 11.6. The predicted octanol–water partition coefficient (Wildman–Crippen LogP) is 2.17. The Hall–Kier alpha value is -2.05. The summed E-state index contributed by atoms with van der Waals surface area (Å²) in [5.74, 6) is 0.455. The summed E-state index contributed by atoms with van der Waals surface area (Å²) in [5, 5.41) is 22.8. The molecule has 6 heteroatoms. The summed E-state index contributed by atoms with van der Waals surface area (Å²) < 4.78 is 10.5. The van der Waals surface area contributed by atoms with E-state index in [0.717, 1.165) is 0 Å². The average molecular weight is 323 g/mol. The van der Waals surface area contributed by atoms with E-state index >= 15 is 0 Å². The van der Waals surface area contributed by atoms with E-state index in [1.165, 1.54) is 0 Å². The number of ether oxygens (including phenoxy) is 2.